The topological polar surface area (TPSA) is 29.1 Å². The summed E-state index contributed by atoms with van der Waals surface area (Å²) in [6.07, 6.45) is 6.08. The highest BCUT2D eigenvalue weighted by Crippen LogP contribution is 2.07. The normalized spacial score (nSPS) is 9.69. The predicted molar refractivity (Wildman–Crippen MR) is 56.6 cm³/mol. The lowest BCUT2D eigenvalue weighted by Gasteiger charge is -2.05. The van der Waals surface area contributed by atoms with Crippen molar-refractivity contribution in [3.05, 3.63) is 12.2 Å². The Morgan fingerprint density at radius 1 is 1.31 bits per heavy atom. The van der Waals surface area contributed by atoms with E-state index in [4.69, 9.17) is 0 Å². The lowest BCUT2D eigenvalue weighted by Crippen LogP contribution is -2.21. The van der Waals surface area contributed by atoms with Crippen LogP contribution in [0.15, 0.2) is 12.2 Å². The van der Waals surface area contributed by atoms with E-state index in [1.54, 1.807) is 0 Å². The molecule has 0 aromatic heterocycles. The molecule has 0 aromatic carbocycles. The Labute approximate surface area is 81.4 Å². The molecule has 0 bridgehead atoms. The second kappa shape index (κ2) is 7.84. The lowest BCUT2D eigenvalue weighted by atomic mass is 10.1. The molecule has 0 spiro atoms. The molecule has 0 unspecified atom stereocenters. The number of carbonyl (C=O) groups is 1. The molecule has 0 aliphatic rings. The zero-order valence-electron chi connectivity index (χ0n) is 8.86. The van der Waals surface area contributed by atoms with Crippen LogP contribution in [0.4, 0.5) is 0 Å². The maximum absolute atomic E-state index is 10.6. The van der Waals surface area contributed by atoms with E-state index in [0.29, 0.717) is 6.54 Å². The van der Waals surface area contributed by atoms with Crippen molar-refractivity contribution in [1.29, 1.82) is 0 Å². The zero-order chi connectivity index (χ0) is 10.1. The van der Waals surface area contributed by atoms with Gasteiger partial charge >= 0.3 is 0 Å². The molecule has 0 aromatic rings. The molecule has 0 heterocycles. The highest BCUT2D eigenvalue weighted by atomic mass is 16.1. The minimum atomic E-state index is 0.0229. The fourth-order valence-corrected chi connectivity index (χ4v) is 1.14. The standard InChI is InChI=1S/C11H21NO/c1-4-5-6-7-8-10(2)9-12-11(3)13/h2,4-9H2,1,3H3,(H,12,13). The summed E-state index contributed by atoms with van der Waals surface area (Å²) in [7, 11) is 0. The average Bonchev–Trinajstić information content (AvgIpc) is 2.09. The van der Waals surface area contributed by atoms with Crippen molar-refractivity contribution in [3.8, 4) is 0 Å². The van der Waals surface area contributed by atoms with Gasteiger partial charge < -0.3 is 5.32 Å². The first-order valence-electron chi connectivity index (χ1n) is 5.08. The summed E-state index contributed by atoms with van der Waals surface area (Å²) in [6, 6.07) is 0. The first kappa shape index (κ1) is 12.2. The van der Waals surface area contributed by atoms with Gasteiger partial charge in [-0.2, -0.15) is 0 Å². The molecular formula is C11H21NO. The first-order chi connectivity index (χ1) is 6.16. The Hall–Kier alpha value is -0.790. The SMILES string of the molecule is C=C(CCCCCC)CNC(C)=O. The molecule has 2 heteroatoms. The highest BCUT2D eigenvalue weighted by Gasteiger charge is 1.95. The summed E-state index contributed by atoms with van der Waals surface area (Å²) in [5, 5.41) is 2.75. The van der Waals surface area contributed by atoms with Crippen LogP contribution in [0, 0.1) is 0 Å². The van der Waals surface area contributed by atoms with Crippen LogP contribution in [0.25, 0.3) is 0 Å². The van der Waals surface area contributed by atoms with Crippen molar-refractivity contribution < 1.29 is 4.79 Å². The number of hydrogen-bond donors (Lipinski definition) is 1. The fourth-order valence-electron chi connectivity index (χ4n) is 1.14. The number of nitrogens with one attached hydrogen (secondary N) is 1. The minimum absolute atomic E-state index is 0.0229. The van der Waals surface area contributed by atoms with Crippen LogP contribution in [0.3, 0.4) is 0 Å². The van der Waals surface area contributed by atoms with Gasteiger partial charge in [-0.25, -0.2) is 0 Å². The third kappa shape index (κ3) is 9.12. The van der Waals surface area contributed by atoms with Crippen molar-refractivity contribution in [2.45, 2.75) is 46.0 Å². The molecular weight excluding hydrogens is 162 g/mol. The molecule has 0 saturated heterocycles. The van der Waals surface area contributed by atoms with Crippen LogP contribution in [0.5, 0.6) is 0 Å². The Bertz CT molecular complexity index is 163. The monoisotopic (exact) mass is 183 g/mol. The zero-order valence-corrected chi connectivity index (χ0v) is 8.86. The minimum Gasteiger partial charge on any atom is -0.353 e. The predicted octanol–water partition coefficient (Wildman–Crippen LogP) is 2.65. The molecule has 1 amide bonds. The molecule has 0 saturated carbocycles. The van der Waals surface area contributed by atoms with Gasteiger partial charge in [-0.1, -0.05) is 38.3 Å². The first-order valence-corrected chi connectivity index (χ1v) is 5.08. The van der Waals surface area contributed by atoms with Gasteiger partial charge in [-0.15, -0.1) is 0 Å². The van der Waals surface area contributed by atoms with E-state index in [0.717, 1.165) is 12.0 Å². The number of hydrogen-bond acceptors (Lipinski definition) is 1. The Morgan fingerprint density at radius 2 is 2.00 bits per heavy atom. The maximum Gasteiger partial charge on any atom is 0.217 e. The largest absolute Gasteiger partial charge is 0.353 e. The highest BCUT2D eigenvalue weighted by molar-refractivity contribution is 5.73. The summed E-state index contributed by atoms with van der Waals surface area (Å²) in [5.41, 5.74) is 1.13. The maximum atomic E-state index is 10.6. The van der Waals surface area contributed by atoms with Crippen molar-refractivity contribution in [1.82, 2.24) is 5.32 Å². The molecule has 13 heavy (non-hydrogen) atoms. The van der Waals surface area contributed by atoms with E-state index in [1.165, 1.54) is 32.6 Å². The number of unbranched alkanes of at least 4 members (excludes halogenated alkanes) is 3. The van der Waals surface area contributed by atoms with E-state index < -0.39 is 0 Å². The summed E-state index contributed by atoms with van der Waals surface area (Å²) < 4.78 is 0. The van der Waals surface area contributed by atoms with Crippen LogP contribution < -0.4 is 5.32 Å². The summed E-state index contributed by atoms with van der Waals surface area (Å²) in [6.45, 7) is 8.28. The Morgan fingerprint density at radius 3 is 2.54 bits per heavy atom. The number of carbonyl (C=O) groups excluding carboxylic acids is 1. The van der Waals surface area contributed by atoms with Crippen LogP contribution in [-0.2, 0) is 4.79 Å². The molecule has 0 aliphatic carbocycles. The van der Waals surface area contributed by atoms with Crippen molar-refractivity contribution in [2.75, 3.05) is 6.54 Å². The average molecular weight is 183 g/mol. The molecule has 1 N–H and O–H groups in total. The fraction of sp³-hybridized carbons (Fsp3) is 0.727. The number of amides is 1. The molecule has 0 fully saturated rings. The van der Waals surface area contributed by atoms with Gasteiger partial charge in [-0.3, -0.25) is 4.79 Å². The Kier molecular flexibility index (Phi) is 7.36. The van der Waals surface area contributed by atoms with Crippen LogP contribution >= 0.6 is 0 Å². The molecule has 0 radical (unpaired) electrons. The summed E-state index contributed by atoms with van der Waals surface area (Å²) >= 11 is 0. The van der Waals surface area contributed by atoms with Gasteiger partial charge in [0.1, 0.15) is 0 Å². The van der Waals surface area contributed by atoms with Crippen molar-refractivity contribution in [2.24, 2.45) is 0 Å². The second-order valence-electron chi connectivity index (χ2n) is 3.47. The molecule has 0 aliphatic heterocycles. The van der Waals surface area contributed by atoms with E-state index in [-0.39, 0.29) is 5.91 Å². The molecule has 2 nitrogen and oxygen atoms in total. The van der Waals surface area contributed by atoms with E-state index in [2.05, 4.69) is 18.8 Å². The van der Waals surface area contributed by atoms with E-state index in [9.17, 15) is 4.79 Å². The van der Waals surface area contributed by atoms with E-state index >= 15 is 0 Å². The third-order valence-corrected chi connectivity index (χ3v) is 1.97. The quantitative estimate of drug-likeness (QED) is 0.477. The summed E-state index contributed by atoms with van der Waals surface area (Å²) in [5.74, 6) is 0.0229. The van der Waals surface area contributed by atoms with E-state index in [1.807, 2.05) is 0 Å². The third-order valence-electron chi connectivity index (χ3n) is 1.97. The smallest absolute Gasteiger partial charge is 0.217 e. The van der Waals surface area contributed by atoms with Gasteiger partial charge in [0.15, 0.2) is 0 Å². The Balaban J connectivity index is 3.25. The molecule has 0 atom stereocenters. The summed E-state index contributed by atoms with van der Waals surface area (Å²) in [4.78, 5) is 10.6. The van der Waals surface area contributed by atoms with Gasteiger partial charge in [0.25, 0.3) is 0 Å². The molecule has 0 rings (SSSR count). The number of rotatable bonds is 7. The van der Waals surface area contributed by atoms with Crippen LogP contribution in [0.2, 0.25) is 0 Å². The van der Waals surface area contributed by atoms with Gasteiger partial charge in [0, 0.05) is 13.5 Å². The van der Waals surface area contributed by atoms with Crippen LogP contribution in [-0.4, -0.2) is 12.5 Å². The van der Waals surface area contributed by atoms with Gasteiger partial charge in [0.2, 0.25) is 5.91 Å². The van der Waals surface area contributed by atoms with Gasteiger partial charge in [0.05, 0.1) is 0 Å². The van der Waals surface area contributed by atoms with Crippen molar-refractivity contribution in [3.63, 3.8) is 0 Å². The second-order valence-corrected chi connectivity index (χ2v) is 3.47. The van der Waals surface area contributed by atoms with Gasteiger partial charge in [-0.05, 0) is 12.8 Å². The van der Waals surface area contributed by atoms with Crippen molar-refractivity contribution >= 4 is 5.91 Å². The molecule has 76 valence electrons. The lowest BCUT2D eigenvalue weighted by molar-refractivity contribution is -0.118. The van der Waals surface area contributed by atoms with Crippen LogP contribution in [0.1, 0.15) is 46.0 Å².